The second-order valence-electron chi connectivity index (χ2n) is 5.52. The average Bonchev–Trinajstić information content (AvgIpc) is 2.40. The molecule has 4 heteroatoms. The lowest BCUT2D eigenvalue weighted by atomic mass is 9.89. The molecule has 4 nitrogen and oxygen atoms in total. The van der Waals surface area contributed by atoms with Gasteiger partial charge in [0.25, 0.3) is 5.91 Å². The van der Waals surface area contributed by atoms with Gasteiger partial charge in [-0.2, -0.15) is 0 Å². The molecule has 0 aliphatic heterocycles. The predicted molar refractivity (Wildman–Crippen MR) is 79.2 cm³/mol. The van der Waals surface area contributed by atoms with Crippen LogP contribution in [0.2, 0.25) is 0 Å². The number of nitrogens with zero attached hydrogens (tertiary/aromatic N) is 1. The van der Waals surface area contributed by atoms with Crippen LogP contribution in [0.5, 0.6) is 0 Å². The minimum atomic E-state index is -0.467. The molecule has 1 aromatic carbocycles. The summed E-state index contributed by atoms with van der Waals surface area (Å²) in [6.07, 6.45) is 6.66. The molecule has 1 amide bonds. The van der Waals surface area contributed by atoms with Crippen molar-refractivity contribution in [1.82, 2.24) is 0 Å². The fourth-order valence-corrected chi connectivity index (χ4v) is 2.86. The number of carbonyl (C=O) groups excluding carboxylic acids is 1. The molecule has 0 heterocycles. The minimum absolute atomic E-state index is 0.410. The number of amides is 1. The summed E-state index contributed by atoms with van der Waals surface area (Å²) in [5, 5.41) is 0. The minimum Gasteiger partial charge on any atom is -0.398 e. The number of nitrogens with two attached hydrogens (primary N) is 2. The maximum Gasteiger partial charge on any atom is 0.250 e. The van der Waals surface area contributed by atoms with Gasteiger partial charge in [-0.25, -0.2) is 0 Å². The molecular weight excluding hydrogens is 238 g/mol. The number of carbonyl (C=O) groups is 1. The first-order valence-electron chi connectivity index (χ1n) is 6.98. The van der Waals surface area contributed by atoms with Crippen molar-refractivity contribution in [3.8, 4) is 0 Å². The summed E-state index contributed by atoms with van der Waals surface area (Å²) in [7, 11) is 2.06. The van der Waals surface area contributed by atoms with Crippen LogP contribution in [0, 0.1) is 5.92 Å². The van der Waals surface area contributed by atoms with Crippen LogP contribution in [0.25, 0.3) is 0 Å². The Balaban J connectivity index is 2.07. The van der Waals surface area contributed by atoms with Gasteiger partial charge in [-0.3, -0.25) is 4.79 Å². The monoisotopic (exact) mass is 261 g/mol. The molecule has 1 saturated carbocycles. The van der Waals surface area contributed by atoms with Gasteiger partial charge in [0.1, 0.15) is 0 Å². The van der Waals surface area contributed by atoms with Gasteiger partial charge in [0, 0.05) is 25.0 Å². The molecule has 1 fully saturated rings. The van der Waals surface area contributed by atoms with Gasteiger partial charge in [-0.1, -0.05) is 19.3 Å². The Kier molecular flexibility index (Phi) is 4.30. The van der Waals surface area contributed by atoms with Crippen molar-refractivity contribution in [2.45, 2.75) is 32.1 Å². The number of primary amides is 1. The summed E-state index contributed by atoms with van der Waals surface area (Å²) in [6, 6.07) is 5.50. The molecule has 1 aliphatic carbocycles. The molecule has 0 aromatic heterocycles. The number of rotatable bonds is 4. The number of hydrogen-bond acceptors (Lipinski definition) is 3. The van der Waals surface area contributed by atoms with Crippen molar-refractivity contribution < 1.29 is 4.79 Å². The van der Waals surface area contributed by atoms with E-state index >= 15 is 0 Å². The lowest BCUT2D eigenvalue weighted by Crippen LogP contribution is -2.27. The van der Waals surface area contributed by atoms with Crippen LogP contribution < -0.4 is 16.4 Å². The quantitative estimate of drug-likeness (QED) is 0.817. The zero-order chi connectivity index (χ0) is 13.8. The van der Waals surface area contributed by atoms with E-state index in [9.17, 15) is 4.79 Å². The average molecular weight is 261 g/mol. The van der Waals surface area contributed by atoms with Crippen LogP contribution >= 0.6 is 0 Å². The highest BCUT2D eigenvalue weighted by atomic mass is 16.1. The molecule has 0 saturated heterocycles. The third kappa shape index (κ3) is 3.40. The Bertz CT molecular complexity index is 453. The molecule has 0 unspecified atom stereocenters. The fourth-order valence-electron chi connectivity index (χ4n) is 2.86. The van der Waals surface area contributed by atoms with E-state index in [0.29, 0.717) is 11.3 Å². The Labute approximate surface area is 114 Å². The molecule has 4 N–H and O–H groups in total. The molecular formula is C15H23N3O. The standard InChI is InChI=1S/C15H23N3O/c1-18(10-11-5-3-2-4-6-11)12-7-8-14(16)13(9-12)15(17)19/h7-9,11H,2-6,10,16H2,1H3,(H2,17,19). The van der Waals surface area contributed by atoms with E-state index in [-0.39, 0.29) is 0 Å². The summed E-state index contributed by atoms with van der Waals surface area (Å²) < 4.78 is 0. The van der Waals surface area contributed by atoms with E-state index in [1.807, 2.05) is 6.07 Å². The fraction of sp³-hybridized carbons (Fsp3) is 0.533. The van der Waals surface area contributed by atoms with Gasteiger partial charge in [0.2, 0.25) is 0 Å². The maximum absolute atomic E-state index is 11.3. The van der Waals surface area contributed by atoms with Gasteiger partial charge in [0.15, 0.2) is 0 Å². The first kappa shape index (κ1) is 13.7. The molecule has 1 aliphatic rings. The van der Waals surface area contributed by atoms with Crippen molar-refractivity contribution >= 4 is 17.3 Å². The number of anilines is 2. The van der Waals surface area contributed by atoms with E-state index in [4.69, 9.17) is 11.5 Å². The molecule has 0 atom stereocenters. The molecule has 0 spiro atoms. The zero-order valence-electron chi connectivity index (χ0n) is 11.6. The van der Waals surface area contributed by atoms with Crippen molar-refractivity contribution in [3.63, 3.8) is 0 Å². The van der Waals surface area contributed by atoms with Crippen molar-refractivity contribution in [2.24, 2.45) is 11.7 Å². The zero-order valence-corrected chi connectivity index (χ0v) is 11.6. The van der Waals surface area contributed by atoms with Crippen molar-refractivity contribution in [3.05, 3.63) is 23.8 Å². The summed E-state index contributed by atoms with van der Waals surface area (Å²) in [4.78, 5) is 13.5. The van der Waals surface area contributed by atoms with E-state index in [0.717, 1.165) is 18.2 Å². The van der Waals surface area contributed by atoms with E-state index < -0.39 is 5.91 Å². The lowest BCUT2D eigenvalue weighted by molar-refractivity contribution is 0.100. The largest absolute Gasteiger partial charge is 0.398 e. The molecule has 2 rings (SSSR count). The first-order chi connectivity index (χ1) is 9.08. The Morgan fingerprint density at radius 3 is 2.63 bits per heavy atom. The molecule has 19 heavy (non-hydrogen) atoms. The third-order valence-corrected chi connectivity index (χ3v) is 4.00. The Morgan fingerprint density at radius 2 is 2.00 bits per heavy atom. The van der Waals surface area contributed by atoms with Gasteiger partial charge in [0.05, 0.1) is 5.56 Å². The van der Waals surface area contributed by atoms with Crippen LogP contribution in [0.3, 0.4) is 0 Å². The van der Waals surface area contributed by atoms with Crippen LogP contribution in [-0.2, 0) is 0 Å². The predicted octanol–water partition coefficient (Wildman–Crippen LogP) is 2.38. The van der Waals surface area contributed by atoms with E-state index in [2.05, 4.69) is 11.9 Å². The maximum atomic E-state index is 11.3. The Hall–Kier alpha value is -1.71. The van der Waals surface area contributed by atoms with Gasteiger partial charge in [-0.05, 0) is 37.0 Å². The van der Waals surface area contributed by atoms with E-state index in [1.54, 1.807) is 12.1 Å². The number of hydrogen-bond donors (Lipinski definition) is 2. The summed E-state index contributed by atoms with van der Waals surface area (Å²) >= 11 is 0. The molecule has 104 valence electrons. The molecule has 0 bridgehead atoms. The highest BCUT2D eigenvalue weighted by Gasteiger charge is 2.16. The SMILES string of the molecule is CN(CC1CCCCC1)c1ccc(N)c(C(N)=O)c1. The topological polar surface area (TPSA) is 72.3 Å². The van der Waals surface area contributed by atoms with Gasteiger partial charge >= 0.3 is 0 Å². The number of benzene rings is 1. The molecule has 0 radical (unpaired) electrons. The lowest BCUT2D eigenvalue weighted by Gasteiger charge is -2.28. The van der Waals surface area contributed by atoms with Crippen LogP contribution in [-0.4, -0.2) is 19.5 Å². The Morgan fingerprint density at radius 1 is 1.32 bits per heavy atom. The van der Waals surface area contributed by atoms with E-state index in [1.165, 1.54) is 32.1 Å². The second-order valence-corrected chi connectivity index (χ2v) is 5.52. The highest BCUT2D eigenvalue weighted by molar-refractivity contribution is 5.99. The summed E-state index contributed by atoms with van der Waals surface area (Å²) in [5.74, 6) is 0.291. The second kappa shape index (κ2) is 5.95. The van der Waals surface area contributed by atoms with Crippen molar-refractivity contribution in [2.75, 3.05) is 24.2 Å². The van der Waals surface area contributed by atoms with Crippen LogP contribution in [0.15, 0.2) is 18.2 Å². The van der Waals surface area contributed by atoms with Crippen molar-refractivity contribution in [1.29, 1.82) is 0 Å². The van der Waals surface area contributed by atoms with Crippen LogP contribution in [0.4, 0.5) is 11.4 Å². The number of nitrogen functional groups attached to an aromatic ring is 1. The van der Waals surface area contributed by atoms with Crippen LogP contribution in [0.1, 0.15) is 42.5 Å². The van der Waals surface area contributed by atoms with Gasteiger partial charge in [-0.15, -0.1) is 0 Å². The summed E-state index contributed by atoms with van der Waals surface area (Å²) in [6.45, 7) is 1.03. The first-order valence-corrected chi connectivity index (χ1v) is 6.98. The molecule has 1 aromatic rings. The smallest absolute Gasteiger partial charge is 0.250 e. The van der Waals surface area contributed by atoms with Gasteiger partial charge < -0.3 is 16.4 Å². The highest BCUT2D eigenvalue weighted by Crippen LogP contribution is 2.27. The normalized spacial score (nSPS) is 16.3. The summed E-state index contributed by atoms with van der Waals surface area (Å²) in [5.41, 5.74) is 13.0. The third-order valence-electron chi connectivity index (χ3n) is 4.00.